The van der Waals surface area contributed by atoms with Gasteiger partial charge in [-0.15, -0.1) is 0 Å². The zero-order valence-electron chi connectivity index (χ0n) is 19.4. The Morgan fingerprint density at radius 1 is 1.25 bits per heavy atom. The summed E-state index contributed by atoms with van der Waals surface area (Å²) in [6, 6.07) is 7.95. The van der Waals surface area contributed by atoms with Crippen LogP contribution < -0.4 is 0 Å². The number of aliphatic carboxylic acids is 1. The summed E-state index contributed by atoms with van der Waals surface area (Å²) in [6.07, 6.45) is 9.48. The standard InChI is InChI=1S/C27H39NO4/c1-3-14-27(15-9-16-27)26(32)20-11-8-10-19(17-20)25-21(22(28-2)18-23(25)29)12-6-4-5-7-13-24(30)31/h8,10-11,17,21-23,25-26,29,32H,3-7,9,12-16,18H2,1H3,(H,30,31)/t21?,22-,23-,25?,26?/m1/s1. The van der Waals surface area contributed by atoms with Gasteiger partial charge in [-0.05, 0) is 43.2 Å². The molecule has 5 heteroatoms. The quantitative estimate of drug-likeness (QED) is 0.280. The van der Waals surface area contributed by atoms with Crippen LogP contribution in [0, 0.1) is 17.9 Å². The Kier molecular flexibility index (Phi) is 8.73. The fraction of sp³-hybridized carbons (Fsp3) is 0.704. The number of benzene rings is 1. The summed E-state index contributed by atoms with van der Waals surface area (Å²) in [5.74, 6) is -0.729. The lowest BCUT2D eigenvalue weighted by Gasteiger charge is -2.46. The molecule has 3 rings (SSSR count). The molecule has 1 aromatic rings. The first-order valence-electron chi connectivity index (χ1n) is 12.5. The minimum Gasteiger partial charge on any atom is -0.481 e. The molecule has 5 atom stereocenters. The van der Waals surface area contributed by atoms with Gasteiger partial charge in [0.25, 0.3) is 0 Å². The number of aliphatic hydroxyl groups is 2. The largest absolute Gasteiger partial charge is 0.481 e. The molecule has 176 valence electrons. The van der Waals surface area contributed by atoms with Crippen LogP contribution in [-0.4, -0.2) is 33.4 Å². The highest BCUT2D eigenvalue weighted by Gasteiger charge is 2.47. The maximum Gasteiger partial charge on any atom is 0.303 e. The van der Waals surface area contributed by atoms with Gasteiger partial charge in [0.2, 0.25) is 6.04 Å². The van der Waals surface area contributed by atoms with E-state index in [-0.39, 0.29) is 29.7 Å². The molecular weight excluding hydrogens is 402 g/mol. The van der Waals surface area contributed by atoms with Gasteiger partial charge in [-0.1, -0.05) is 63.3 Å². The van der Waals surface area contributed by atoms with Gasteiger partial charge < -0.3 is 20.2 Å². The number of nitrogens with zero attached hydrogens (tertiary/aromatic N) is 1. The third-order valence-corrected chi connectivity index (χ3v) is 7.99. The fourth-order valence-electron chi connectivity index (χ4n) is 6.17. The van der Waals surface area contributed by atoms with Gasteiger partial charge in [0.1, 0.15) is 0 Å². The van der Waals surface area contributed by atoms with E-state index in [2.05, 4.69) is 17.8 Å². The Morgan fingerprint density at radius 2 is 2.00 bits per heavy atom. The van der Waals surface area contributed by atoms with E-state index in [1.54, 1.807) is 0 Å². The van der Waals surface area contributed by atoms with E-state index in [0.29, 0.717) is 12.8 Å². The third kappa shape index (κ3) is 5.53. The van der Waals surface area contributed by atoms with Crippen LogP contribution in [0.3, 0.4) is 0 Å². The van der Waals surface area contributed by atoms with Crippen LogP contribution in [0.2, 0.25) is 0 Å². The van der Waals surface area contributed by atoms with Crippen molar-refractivity contribution in [1.82, 2.24) is 0 Å². The molecule has 0 bridgehead atoms. The molecule has 3 unspecified atom stereocenters. The Hall–Kier alpha value is -1.90. The van der Waals surface area contributed by atoms with Crippen LogP contribution in [-0.2, 0) is 4.79 Å². The lowest BCUT2D eigenvalue weighted by atomic mass is 9.61. The normalized spacial score (nSPS) is 27.4. The summed E-state index contributed by atoms with van der Waals surface area (Å²) in [6.45, 7) is 9.82. The molecule has 0 radical (unpaired) electrons. The van der Waals surface area contributed by atoms with Gasteiger partial charge in [-0.25, -0.2) is 6.57 Å². The SMILES string of the molecule is [C-]#[N+][C@@H]1C[C@@H](O)C(c2cccc(C(O)C3(CCC)CCC3)c2)C1CCCCCCC(=O)O. The Balaban J connectivity index is 1.70. The van der Waals surface area contributed by atoms with Crippen molar-refractivity contribution in [3.05, 3.63) is 46.8 Å². The molecule has 32 heavy (non-hydrogen) atoms. The van der Waals surface area contributed by atoms with Crippen molar-refractivity contribution in [3.8, 4) is 0 Å². The first-order chi connectivity index (χ1) is 15.4. The topological polar surface area (TPSA) is 82.1 Å². The van der Waals surface area contributed by atoms with Gasteiger partial charge in [-0.3, -0.25) is 4.79 Å². The summed E-state index contributed by atoms with van der Waals surface area (Å²) in [5.41, 5.74) is 1.99. The zero-order valence-corrected chi connectivity index (χ0v) is 19.4. The van der Waals surface area contributed by atoms with Gasteiger partial charge in [0.05, 0.1) is 12.2 Å². The van der Waals surface area contributed by atoms with Gasteiger partial charge in [0, 0.05) is 30.1 Å². The Labute approximate surface area is 192 Å². The van der Waals surface area contributed by atoms with E-state index in [9.17, 15) is 15.0 Å². The summed E-state index contributed by atoms with van der Waals surface area (Å²) in [4.78, 5) is 14.5. The lowest BCUT2D eigenvalue weighted by molar-refractivity contribution is -0.137. The molecule has 0 aliphatic heterocycles. The molecule has 2 aliphatic carbocycles. The van der Waals surface area contributed by atoms with Gasteiger partial charge in [0.15, 0.2) is 0 Å². The molecule has 0 amide bonds. The second-order valence-electron chi connectivity index (χ2n) is 10.1. The minimum atomic E-state index is -0.748. The van der Waals surface area contributed by atoms with E-state index in [1.165, 1.54) is 6.42 Å². The van der Waals surface area contributed by atoms with Gasteiger partial charge in [-0.2, -0.15) is 0 Å². The first kappa shape index (κ1) is 24.7. The number of hydrogen-bond donors (Lipinski definition) is 3. The molecule has 0 aromatic heterocycles. The summed E-state index contributed by atoms with van der Waals surface area (Å²) in [5, 5.41) is 30.9. The maximum atomic E-state index is 11.2. The van der Waals surface area contributed by atoms with Crippen molar-refractivity contribution >= 4 is 5.97 Å². The van der Waals surface area contributed by atoms with Crippen molar-refractivity contribution in [2.75, 3.05) is 0 Å². The van der Waals surface area contributed by atoms with Crippen molar-refractivity contribution in [3.63, 3.8) is 0 Å². The van der Waals surface area contributed by atoms with Crippen LogP contribution in [0.15, 0.2) is 24.3 Å². The highest BCUT2D eigenvalue weighted by molar-refractivity contribution is 5.66. The van der Waals surface area contributed by atoms with Crippen LogP contribution in [0.25, 0.3) is 4.85 Å². The predicted molar refractivity (Wildman–Crippen MR) is 125 cm³/mol. The van der Waals surface area contributed by atoms with Crippen molar-refractivity contribution < 1.29 is 20.1 Å². The third-order valence-electron chi connectivity index (χ3n) is 7.99. The number of unbranched alkanes of at least 4 members (excludes halogenated alkanes) is 3. The van der Waals surface area contributed by atoms with Gasteiger partial charge >= 0.3 is 5.97 Å². The summed E-state index contributed by atoms with van der Waals surface area (Å²) < 4.78 is 0. The molecule has 2 saturated carbocycles. The number of carboxylic acid groups (broad SMARTS) is 1. The Morgan fingerprint density at radius 3 is 2.62 bits per heavy atom. The Bertz CT molecular complexity index is 797. The van der Waals surface area contributed by atoms with E-state index in [1.807, 2.05) is 18.2 Å². The fourth-order valence-corrected chi connectivity index (χ4v) is 6.17. The van der Waals surface area contributed by atoms with Crippen LogP contribution in [0.5, 0.6) is 0 Å². The number of carbonyl (C=O) groups is 1. The van der Waals surface area contributed by atoms with Crippen molar-refractivity contribution in [2.45, 2.75) is 108 Å². The summed E-state index contributed by atoms with van der Waals surface area (Å²) >= 11 is 0. The molecule has 3 N–H and O–H groups in total. The second-order valence-corrected chi connectivity index (χ2v) is 10.1. The number of hydrogen-bond acceptors (Lipinski definition) is 3. The van der Waals surface area contributed by atoms with Crippen molar-refractivity contribution in [2.24, 2.45) is 11.3 Å². The summed E-state index contributed by atoms with van der Waals surface area (Å²) in [7, 11) is 0. The number of carboxylic acids is 1. The molecule has 0 saturated heterocycles. The molecule has 5 nitrogen and oxygen atoms in total. The van der Waals surface area contributed by atoms with E-state index in [4.69, 9.17) is 11.7 Å². The van der Waals surface area contributed by atoms with Crippen LogP contribution >= 0.6 is 0 Å². The second kappa shape index (κ2) is 11.3. The molecule has 0 heterocycles. The lowest BCUT2D eigenvalue weighted by Crippen LogP contribution is -2.36. The molecular formula is C27H39NO4. The molecule has 2 fully saturated rings. The van der Waals surface area contributed by atoms with E-state index < -0.39 is 18.2 Å². The first-order valence-corrected chi connectivity index (χ1v) is 12.5. The van der Waals surface area contributed by atoms with E-state index >= 15 is 0 Å². The van der Waals surface area contributed by atoms with Crippen LogP contribution in [0.1, 0.15) is 107 Å². The predicted octanol–water partition coefficient (Wildman–Crippen LogP) is 5.87. The molecule has 1 aromatic carbocycles. The van der Waals surface area contributed by atoms with E-state index in [0.717, 1.165) is 62.5 Å². The van der Waals surface area contributed by atoms with Crippen LogP contribution in [0.4, 0.5) is 0 Å². The van der Waals surface area contributed by atoms with Crippen molar-refractivity contribution in [1.29, 1.82) is 0 Å². The average molecular weight is 442 g/mol. The number of aliphatic hydroxyl groups excluding tert-OH is 2. The smallest absolute Gasteiger partial charge is 0.303 e. The highest BCUT2D eigenvalue weighted by Crippen LogP contribution is 2.54. The molecule has 0 spiro atoms. The zero-order chi connectivity index (χ0) is 23.1. The monoisotopic (exact) mass is 441 g/mol. The molecule has 2 aliphatic rings. The maximum absolute atomic E-state index is 11.2. The average Bonchev–Trinajstić information content (AvgIpc) is 3.07. The minimum absolute atomic E-state index is 0.00390. The number of rotatable bonds is 12. The highest BCUT2D eigenvalue weighted by atomic mass is 16.4.